The minimum atomic E-state index is 0.311. The average Bonchev–Trinajstić information content (AvgIpc) is 2.57. The summed E-state index contributed by atoms with van der Waals surface area (Å²) >= 11 is 0. The van der Waals surface area contributed by atoms with Crippen molar-refractivity contribution >= 4 is 0 Å². The standard InChI is InChI=1S/C13H26N4/c1-13(2,11-16(3)4)10-14-7-6-12-15-8-9-17(12)5/h8-9,14H,6-7,10-11H2,1-5H3. The zero-order valence-corrected chi connectivity index (χ0v) is 11.8. The predicted octanol–water partition coefficient (Wildman–Crippen LogP) is 1.14. The van der Waals surface area contributed by atoms with Crippen molar-refractivity contribution in [3.8, 4) is 0 Å². The number of nitrogens with one attached hydrogen (secondary N) is 1. The summed E-state index contributed by atoms with van der Waals surface area (Å²) in [5.74, 6) is 1.14. The van der Waals surface area contributed by atoms with Crippen LogP contribution in [0.4, 0.5) is 0 Å². The van der Waals surface area contributed by atoms with Crippen LogP contribution < -0.4 is 5.32 Å². The Bertz CT molecular complexity index is 328. The molecule has 0 spiro atoms. The van der Waals surface area contributed by atoms with Crippen molar-refractivity contribution in [1.82, 2.24) is 19.8 Å². The number of rotatable bonds is 7. The predicted molar refractivity (Wildman–Crippen MR) is 72.1 cm³/mol. The summed E-state index contributed by atoms with van der Waals surface area (Å²) in [7, 11) is 6.28. The zero-order valence-electron chi connectivity index (χ0n) is 11.8. The second-order valence-electron chi connectivity index (χ2n) is 5.78. The molecule has 0 aromatic carbocycles. The lowest BCUT2D eigenvalue weighted by molar-refractivity contribution is 0.233. The molecular weight excluding hydrogens is 212 g/mol. The first-order valence-corrected chi connectivity index (χ1v) is 6.22. The summed E-state index contributed by atoms with van der Waals surface area (Å²) in [6.45, 7) is 7.71. The normalized spacial score (nSPS) is 12.4. The second kappa shape index (κ2) is 6.17. The van der Waals surface area contributed by atoms with Crippen LogP contribution in [0.15, 0.2) is 12.4 Å². The summed E-state index contributed by atoms with van der Waals surface area (Å²) < 4.78 is 2.08. The van der Waals surface area contributed by atoms with Gasteiger partial charge in [0.2, 0.25) is 0 Å². The highest BCUT2D eigenvalue weighted by Crippen LogP contribution is 2.13. The number of aryl methyl sites for hydroxylation is 1. The van der Waals surface area contributed by atoms with Crippen LogP contribution in [-0.2, 0) is 13.5 Å². The van der Waals surface area contributed by atoms with Crippen molar-refractivity contribution in [1.29, 1.82) is 0 Å². The van der Waals surface area contributed by atoms with E-state index in [2.05, 4.69) is 47.7 Å². The molecule has 1 heterocycles. The fourth-order valence-electron chi connectivity index (χ4n) is 2.18. The first-order valence-electron chi connectivity index (χ1n) is 6.22. The van der Waals surface area contributed by atoms with E-state index in [4.69, 9.17) is 0 Å². The third-order valence-corrected chi connectivity index (χ3v) is 2.79. The molecule has 4 nitrogen and oxygen atoms in total. The number of hydrogen-bond donors (Lipinski definition) is 1. The Hall–Kier alpha value is -0.870. The first kappa shape index (κ1) is 14.2. The molecule has 0 aliphatic rings. The molecule has 1 rings (SSSR count). The van der Waals surface area contributed by atoms with Crippen molar-refractivity contribution in [2.75, 3.05) is 33.7 Å². The summed E-state index contributed by atoms with van der Waals surface area (Å²) in [5.41, 5.74) is 0.311. The van der Waals surface area contributed by atoms with Crippen molar-refractivity contribution in [2.24, 2.45) is 12.5 Å². The first-order chi connectivity index (χ1) is 7.91. The van der Waals surface area contributed by atoms with Crippen LogP contribution in [0.25, 0.3) is 0 Å². The highest BCUT2D eigenvalue weighted by Gasteiger charge is 2.17. The third kappa shape index (κ3) is 5.33. The van der Waals surface area contributed by atoms with Crippen LogP contribution in [0, 0.1) is 5.41 Å². The molecule has 1 aromatic rings. The van der Waals surface area contributed by atoms with Crippen LogP contribution in [0.3, 0.4) is 0 Å². The van der Waals surface area contributed by atoms with Gasteiger partial charge in [0.1, 0.15) is 5.82 Å². The van der Waals surface area contributed by atoms with Crippen molar-refractivity contribution < 1.29 is 0 Å². The van der Waals surface area contributed by atoms with Gasteiger partial charge in [0.15, 0.2) is 0 Å². The van der Waals surface area contributed by atoms with Crippen molar-refractivity contribution in [3.05, 3.63) is 18.2 Å². The van der Waals surface area contributed by atoms with Crippen LogP contribution in [-0.4, -0.2) is 48.2 Å². The summed E-state index contributed by atoms with van der Waals surface area (Å²) in [4.78, 5) is 6.55. The van der Waals surface area contributed by atoms with Crippen molar-refractivity contribution in [2.45, 2.75) is 20.3 Å². The van der Waals surface area contributed by atoms with Crippen LogP contribution in [0.2, 0.25) is 0 Å². The Labute approximate surface area is 105 Å². The van der Waals surface area contributed by atoms with Gasteiger partial charge in [-0.05, 0) is 19.5 Å². The van der Waals surface area contributed by atoms with Gasteiger partial charge in [0.05, 0.1) is 0 Å². The van der Waals surface area contributed by atoms with E-state index >= 15 is 0 Å². The molecule has 0 saturated carbocycles. The molecule has 0 saturated heterocycles. The Morgan fingerprint density at radius 3 is 2.65 bits per heavy atom. The molecule has 4 heteroatoms. The topological polar surface area (TPSA) is 33.1 Å². The van der Waals surface area contributed by atoms with E-state index in [1.807, 2.05) is 19.4 Å². The molecule has 1 N–H and O–H groups in total. The molecule has 1 aromatic heterocycles. The van der Waals surface area contributed by atoms with E-state index in [9.17, 15) is 0 Å². The average molecular weight is 238 g/mol. The molecule has 17 heavy (non-hydrogen) atoms. The quantitative estimate of drug-likeness (QED) is 0.723. The van der Waals surface area contributed by atoms with E-state index in [0.717, 1.165) is 31.9 Å². The van der Waals surface area contributed by atoms with Gasteiger partial charge in [0.25, 0.3) is 0 Å². The van der Waals surface area contributed by atoms with E-state index < -0.39 is 0 Å². The molecule has 0 amide bonds. The van der Waals surface area contributed by atoms with E-state index in [0.29, 0.717) is 5.41 Å². The number of nitrogens with zero attached hydrogens (tertiary/aromatic N) is 3. The second-order valence-corrected chi connectivity index (χ2v) is 5.78. The number of aromatic nitrogens is 2. The lowest BCUT2D eigenvalue weighted by Crippen LogP contribution is -2.38. The zero-order chi connectivity index (χ0) is 12.9. The van der Waals surface area contributed by atoms with Gasteiger partial charge in [-0.25, -0.2) is 4.98 Å². The molecule has 0 atom stereocenters. The number of hydrogen-bond acceptors (Lipinski definition) is 3. The van der Waals surface area contributed by atoms with E-state index in [1.165, 1.54) is 0 Å². The van der Waals surface area contributed by atoms with Gasteiger partial charge in [-0.15, -0.1) is 0 Å². The van der Waals surface area contributed by atoms with Crippen LogP contribution >= 0.6 is 0 Å². The van der Waals surface area contributed by atoms with Gasteiger partial charge >= 0.3 is 0 Å². The third-order valence-electron chi connectivity index (χ3n) is 2.79. The van der Waals surface area contributed by atoms with Gasteiger partial charge in [-0.1, -0.05) is 13.8 Å². The van der Waals surface area contributed by atoms with Gasteiger partial charge in [-0.2, -0.15) is 0 Å². The maximum Gasteiger partial charge on any atom is 0.109 e. The maximum atomic E-state index is 4.31. The van der Waals surface area contributed by atoms with Gasteiger partial charge in [0, 0.05) is 45.5 Å². The van der Waals surface area contributed by atoms with E-state index in [-0.39, 0.29) is 0 Å². The Kier molecular flexibility index (Phi) is 5.15. The summed E-state index contributed by atoms with van der Waals surface area (Å²) in [6, 6.07) is 0. The SMILES string of the molecule is CN(C)CC(C)(C)CNCCc1nccn1C. The van der Waals surface area contributed by atoms with Crippen LogP contribution in [0.1, 0.15) is 19.7 Å². The number of imidazole rings is 1. The Balaban J connectivity index is 2.22. The lowest BCUT2D eigenvalue weighted by atomic mass is 9.93. The Morgan fingerprint density at radius 1 is 1.41 bits per heavy atom. The van der Waals surface area contributed by atoms with Gasteiger partial charge < -0.3 is 14.8 Å². The smallest absolute Gasteiger partial charge is 0.109 e. The molecular formula is C13H26N4. The molecule has 0 aliphatic carbocycles. The Morgan fingerprint density at radius 2 is 2.12 bits per heavy atom. The van der Waals surface area contributed by atoms with Crippen LogP contribution in [0.5, 0.6) is 0 Å². The van der Waals surface area contributed by atoms with E-state index in [1.54, 1.807) is 0 Å². The lowest BCUT2D eigenvalue weighted by Gasteiger charge is -2.28. The van der Waals surface area contributed by atoms with Gasteiger partial charge in [-0.3, -0.25) is 0 Å². The fourth-order valence-corrected chi connectivity index (χ4v) is 2.18. The molecule has 98 valence electrons. The largest absolute Gasteiger partial charge is 0.338 e. The minimum absolute atomic E-state index is 0.311. The molecule has 0 unspecified atom stereocenters. The highest BCUT2D eigenvalue weighted by molar-refractivity contribution is 4.91. The monoisotopic (exact) mass is 238 g/mol. The molecule has 0 fully saturated rings. The highest BCUT2D eigenvalue weighted by atomic mass is 15.1. The molecule has 0 aliphatic heterocycles. The summed E-state index contributed by atoms with van der Waals surface area (Å²) in [5, 5.41) is 3.52. The molecule has 0 radical (unpaired) electrons. The minimum Gasteiger partial charge on any atom is -0.338 e. The van der Waals surface area contributed by atoms with Crippen molar-refractivity contribution in [3.63, 3.8) is 0 Å². The molecule has 0 bridgehead atoms. The maximum absolute atomic E-state index is 4.31. The fraction of sp³-hybridized carbons (Fsp3) is 0.769. The summed E-state index contributed by atoms with van der Waals surface area (Å²) in [6.07, 6.45) is 4.83.